The predicted molar refractivity (Wildman–Crippen MR) is 68.1 cm³/mol. The van der Waals surface area contributed by atoms with Crippen molar-refractivity contribution in [1.82, 2.24) is 0 Å². The van der Waals surface area contributed by atoms with Crippen molar-refractivity contribution in [1.29, 1.82) is 0 Å². The van der Waals surface area contributed by atoms with Crippen LogP contribution in [0.5, 0.6) is 0 Å². The first-order chi connectivity index (χ1) is 9.36. The fourth-order valence-electron chi connectivity index (χ4n) is 1.56. The van der Waals surface area contributed by atoms with Gasteiger partial charge in [0.15, 0.2) is 5.78 Å². The summed E-state index contributed by atoms with van der Waals surface area (Å²) >= 11 is 0. The zero-order chi connectivity index (χ0) is 14.8. The van der Waals surface area contributed by atoms with Crippen LogP contribution in [0.2, 0.25) is 0 Å². The molecule has 104 valence electrons. The van der Waals surface area contributed by atoms with Crippen molar-refractivity contribution >= 4 is 27.4 Å². The first kappa shape index (κ1) is 14.2. The van der Waals surface area contributed by atoms with Gasteiger partial charge in [-0.1, -0.05) is 0 Å². The fourth-order valence-corrected chi connectivity index (χ4v) is 2.04. The molecule has 0 aromatic heterocycles. The largest absolute Gasteiger partial charge is 0.299 e. The molecule has 1 aliphatic rings. The molecule has 0 saturated heterocycles. The second-order valence-corrected chi connectivity index (χ2v) is 5.52. The Labute approximate surface area is 114 Å². The molecule has 20 heavy (non-hydrogen) atoms. The van der Waals surface area contributed by atoms with E-state index in [1.54, 1.807) is 0 Å². The van der Waals surface area contributed by atoms with Crippen LogP contribution in [0.3, 0.4) is 0 Å². The van der Waals surface area contributed by atoms with Crippen LogP contribution in [0, 0.1) is 0 Å². The number of ketones is 2. The second-order valence-electron chi connectivity index (χ2n) is 4.10. The number of allylic oxidation sites excluding steroid dienone is 2. The van der Waals surface area contributed by atoms with Crippen molar-refractivity contribution in [3.05, 3.63) is 36.0 Å². The number of benzene rings is 1. The summed E-state index contributed by atoms with van der Waals surface area (Å²) < 4.78 is 30.5. The standard InChI is InChI=1S/C12H10N2O5S/c15-9-3-6-11(12(16)7-9)14-13-8-1-4-10(5-2-8)20(17,18)19/h1-2,4-6H,3,7H2,(H,17,18,19). The molecule has 1 N–H and O–H groups in total. The van der Waals surface area contributed by atoms with Gasteiger partial charge in [0.05, 0.1) is 17.0 Å². The lowest BCUT2D eigenvalue weighted by atomic mass is 10.0. The monoisotopic (exact) mass is 294 g/mol. The number of nitrogens with zero attached hydrogens (tertiary/aromatic N) is 2. The Bertz CT molecular complexity index is 717. The lowest BCUT2D eigenvalue weighted by Gasteiger charge is -2.05. The fraction of sp³-hybridized carbons (Fsp3) is 0.167. The van der Waals surface area contributed by atoms with E-state index in [9.17, 15) is 18.0 Å². The van der Waals surface area contributed by atoms with Crippen molar-refractivity contribution in [2.24, 2.45) is 10.2 Å². The Balaban J connectivity index is 2.16. The Hall–Kier alpha value is -2.19. The van der Waals surface area contributed by atoms with Crippen LogP contribution in [0.15, 0.2) is 51.2 Å². The van der Waals surface area contributed by atoms with Gasteiger partial charge in [-0.25, -0.2) is 0 Å². The van der Waals surface area contributed by atoms with Crippen molar-refractivity contribution in [3.63, 3.8) is 0 Å². The number of rotatable bonds is 3. The molecule has 0 bridgehead atoms. The Kier molecular flexibility index (Phi) is 3.86. The summed E-state index contributed by atoms with van der Waals surface area (Å²) in [5, 5.41) is 7.51. The average Bonchev–Trinajstić information content (AvgIpc) is 2.37. The molecule has 1 aromatic carbocycles. The van der Waals surface area contributed by atoms with E-state index in [4.69, 9.17) is 4.55 Å². The molecule has 2 rings (SSSR count). The van der Waals surface area contributed by atoms with E-state index in [1.165, 1.54) is 30.3 Å². The van der Waals surface area contributed by atoms with Gasteiger partial charge in [-0.2, -0.15) is 13.5 Å². The zero-order valence-corrected chi connectivity index (χ0v) is 11.0. The number of azo groups is 1. The van der Waals surface area contributed by atoms with Gasteiger partial charge in [0, 0.05) is 6.42 Å². The van der Waals surface area contributed by atoms with Crippen LogP contribution in [0.4, 0.5) is 5.69 Å². The highest BCUT2D eigenvalue weighted by Gasteiger charge is 2.19. The van der Waals surface area contributed by atoms with Gasteiger partial charge in [0.1, 0.15) is 11.5 Å². The average molecular weight is 294 g/mol. The summed E-state index contributed by atoms with van der Waals surface area (Å²) in [6, 6.07) is 5.02. The molecule has 0 heterocycles. The maximum Gasteiger partial charge on any atom is 0.294 e. The summed E-state index contributed by atoms with van der Waals surface area (Å²) in [5.41, 5.74) is 0.437. The van der Waals surface area contributed by atoms with E-state index in [2.05, 4.69) is 10.2 Å². The molecular formula is C12H10N2O5S. The van der Waals surface area contributed by atoms with Crippen LogP contribution < -0.4 is 0 Å². The highest BCUT2D eigenvalue weighted by molar-refractivity contribution is 7.85. The van der Waals surface area contributed by atoms with E-state index in [-0.39, 0.29) is 35.0 Å². The van der Waals surface area contributed by atoms with Gasteiger partial charge < -0.3 is 0 Å². The lowest BCUT2D eigenvalue weighted by molar-refractivity contribution is -0.125. The van der Waals surface area contributed by atoms with Gasteiger partial charge in [-0.05, 0) is 30.3 Å². The van der Waals surface area contributed by atoms with Crippen LogP contribution in [-0.2, 0) is 19.7 Å². The Morgan fingerprint density at radius 1 is 1.05 bits per heavy atom. The summed E-state index contributed by atoms with van der Waals surface area (Å²) in [6.07, 6.45) is 1.39. The second kappa shape index (κ2) is 5.43. The number of hydrogen-bond donors (Lipinski definition) is 1. The summed E-state index contributed by atoms with van der Waals surface area (Å²) in [7, 11) is -4.25. The third kappa shape index (κ3) is 3.43. The highest BCUT2D eigenvalue weighted by Crippen LogP contribution is 2.19. The van der Waals surface area contributed by atoms with Crippen LogP contribution in [0.1, 0.15) is 12.8 Å². The molecule has 8 heteroatoms. The van der Waals surface area contributed by atoms with Crippen molar-refractivity contribution in [2.75, 3.05) is 0 Å². The molecule has 0 saturated carbocycles. The zero-order valence-electron chi connectivity index (χ0n) is 10.2. The molecule has 7 nitrogen and oxygen atoms in total. The molecule has 0 atom stereocenters. The highest BCUT2D eigenvalue weighted by atomic mass is 32.2. The van der Waals surface area contributed by atoms with Crippen molar-refractivity contribution < 1.29 is 22.6 Å². The smallest absolute Gasteiger partial charge is 0.294 e. The van der Waals surface area contributed by atoms with E-state index >= 15 is 0 Å². The van der Waals surface area contributed by atoms with Crippen molar-refractivity contribution in [2.45, 2.75) is 17.7 Å². The number of carbonyl (C=O) groups excluding carboxylic acids is 2. The third-order valence-electron chi connectivity index (χ3n) is 2.57. The first-order valence-electron chi connectivity index (χ1n) is 5.60. The van der Waals surface area contributed by atoms with E-state index in [0.717, 1.165) is 0 Å². The minimum atomic E-state index is -4.25. The van der Waals surface area contributed by atoms with Crippen molar-refractivity contribution in [3.8, 4) is 0 Å². The van der Waals surface area contributed by atoms with E-state index in [1.807, 2.05) is 0 Å². The number of carbonyl (C=O) groups is 2. The van der Waals surface area contributed by atoms with Gasteiger partial charge in [0.25, 0.3) is 10.1 Å². The Morgan fingerprint density at radius 2 is 1.70 bits per heavy atom. The SMILES string of the molecule is O=C1CC=C(N=Nc2ccc(S(=O)(=O)O)cc2)C(=O)C1. The molecule has 0 spiro atoms. The molecule has 0 aliphatic heterocycles. The topological polar surface area (TPSA) is 113 Å². The third-order valence-corrected chi connectivity index (χ3v) is 3.44. The number of Topliss-reactive ketones (excluding diaryl/α,β-unsaturated/α-hetero) is 2. The van der Waals surface area contributed by atoms with Crippen LogP contribution in [-0.4, -0.2) is 24.5 Å². The van der Waals surface area contributed by atoms with E-state index in [0.29, 0.717) is 5.69 Å². The normalized spacial score (nSPS) is 16.6. The molecule has 0 fully saturated rings. The molecule has 0 unspecified atom stereocenters. The van der Waals surface area contributed by atoms with Crippen LogP contribution >= 0.6 is 0 Å². The van der Waals surface area contributed by atoms with E-state index < -0.39 is 10.1 Å². The lowest BCUT2D eigenvalue weighted by Crippen LogP contribution is -2.13. The summed E-state index contributed by atoms with van der Waals surface area (Å²) in [4.78, 5) is 22.2. The summed E-state index contributed by atoms with van der Waals surface area (Å²) in [6.45, 7) is 0. The van der Waals surface area contributed by atoms with Gasteiger partial charge >= 0.3 is 0 Å². The molecule has 0 radical (unpaired) electrons. The minimum absolute atomic E-state index is 0.114. The molecular weight excluding hydrogens is 284 g/mol. The Morgan fingerprint density at radius 3 is 2.25 bits per heavy atom. The maximum atomic E-state index is 11.5. The maximum absolute atomic E-state index is 11.5. The van der Waals surface area contributed by atoms with Gasteiger partial charge in [-0.3, -0.25) is 14.1 Å². The molecule has 1 aliphatic carbocycles. The first-order valence-corrected chi connectivity index (χ1v) is 7.04. The molecule has 1 aromatic rings. The predicted octanol–water partition coefficient (Wildman–Crippen LogP) is 1.83. The quantitative estimate of drug-likeness (QED) is 0.519. The van der Waals surface area contributed by atoms with Gasteiger partial charge in [-0.15, -0.1) is 5.11 Å². The van der Waals surface area contributed by atoms with Gasteiger partial charge in [0.2, 0.25) is 0 Å². The minimum Gasteiger partial charge on any atom is -0.299 e. The number of hydrogen-bond acceptors (Lipinski definition) is 6. The molecule has 0 amide bonds. The summed E-state index contributed by atoms with van der Waals surface area (Å²) in [5.74, 6) is -0.550. The van der Waals surface area contributed by atoms with Crippen LogP contribution in [0.25, 0.3) is 0 Å².